The Morgan fingerprint density at radius 1 is 1.12 bits per heavy atom. The third kappa shape index (κ3) is 3.08. The standard InChI is InChI=1S/C19H17BrN2O4/c20-13-3-1-12(2-4-13)19(7-9-25-10-8-19)17(23)21-14-5-6-16-15(11-14)22-18(24)26-16/h1-6,11H,7-10H2,(H,21,23)(H,22,24). The molecule has 1 aromatic heterocycles. The van der Waals surface area contributed by atoms with Gasteiger partial charge < -0.3 is 14.5 Å². The van der Waals surface area contributed by atoms with Crippen LogP contribution in [0.1, 0.15) is 18.4 Å². The molecule has 0 spiro atoms. The van der Waals surface area contributed by atoms with E-state index in [0.29, 0.717) is 42.8 Å². The zero-order chi connectivity index (χ0) is 18.1. The maximum absolute atomic E-state index is 13.2. The van der Waals surface area contributed by atoms with Gasteiger partial charge in [-0.15, -0.1) is 0 Å². The van der Waals surface area contributed by atoms with E-state index in [-0.39, 0.29) is 5.91 Å². The van der Waals surface area contributed by atoms with E-state index < -0.39 is 11.2 Å². The zero-order valence-corrected chi connectivity index (χ0v) is 15.5. The summed E-state index contributed by atoms with van der Waals surface area (Å²) in [7, 11) is 0. The molecule has 7 heteroatoms. The summed E-state index contributed by atoms with van der Waals surface area (Å²) >= 11 is 3.44. The maximum Gasteiger partial charge on any atom is 0.417 e. The van der Waals surface area contributed by atoms with E-state index in [9.17, 15) is 9.59 Å². The highest BCUT2D eigenvalue weighted by molar-refractivity contribution is 9.10. The van der Waals surface area contributed by atoms with Crippen LogP contribution in [0.5, 0.6) is 0 Å². The highest BCUT2D eigenvalue weighted by Gasteiger charge is 2.41. The van der Waals surface area contributed by atoms with E-state index >= 15 is 0 Å². The highest BCUT2D eigenvalue weighted by Crippen LogP contribution is 2.37. The van der Waals surface area contributed by atoms with E-state index in [1.807, 2.05) is 24.3 Å². The van der Waals surface area contributed by atoms with Crippen LogP contribution >= 0.6 is 15.9 Å². The summed E-state index contributed by atoms with van der Waals surface area (Å²) in [6.45, 7) is 1.08. The molecule has 6 nitrogen and oxygen atoms in total. The topological polar surface area (TPSA) is 84.3 Å². The second-order valence-electron chi connectivity index (χ2n) is 6.38. The smallest absolute Gasteiger partial charge is 0.408 e. The van der Waals surface area contributed by atoms with Crippen LogP contribution in [0.2, 0.25) is 0 Å². The van der Waals surface area contributed by atoms with Gasteiger partial charge in [-0.05, 0) is 48.7 Å². The molecule has 1 amide bonds. The molecule has 0 bridgehead atoms. The highest BCUT2D eigenvalue weighted by atomic mass is 79.9. The summed E-state index contributed by atoms with van der Waals surface area (Å²) in [4.78, 5) is 27.1. The van der Waals surface area contributed by atoms with Crippen LogP contribution in [0.3, 0.4) is 0 Å². The van der Waals surface area contributed by atoms with Crippen molar-refractivity contribution in [2.24, 2.45) is 0 Å². The summed E-state index contributed by atoms with van der Waals surface area (Å²) < 4.78 is 11.5. The average molecular weight is 417 g/mol. The fraction of sp³-hybridized carbons (Fsp3) is 0.263. The Bertz CT molecular complexity index is 1000. The SMILES string of the molecule is O=C(Nc1ccc2oc(=O)[nH]c2c1)C1(c2ccc(Br)cc2)CCOCC1. The Morgan fingerprint density at radius 2 is 1.85 bits per heavy atom. The van der Waals surface area contributed by atoms with Crippen LogP contribution in [0, 0.1) is 0 Å². The predicted octanol–water partition coefficient (Wildman–Crippen LogP) is 3.57. The number of H-pyrrole nitrogens is 1. The number of hydrogen-bond donors (Lipinski definition) is 2. The van der Waals surface area contributed by atoms with Gasteiger partial charge in [0.1, 0.15) is 0 Å². The van der Waals surface area contributed by atoms with Crippen LogP contribution in [0.25, 0.3) is 11.1 Å². The van der Waals surface area contributed by atoms with E-state index in [1.54, 1.807) is 18.2 Å². The number of amides is 1. The van der Waals surface area contributed by atoms with Crippen LogP contribution < -0.4 is 11.1 Å². The van der Waals surface area contributed by atoms with Gasteiger partial charge in [-0.2, -0.15) is 0 Å². The van der Waals surface area contributed by atoms with Crippen molar-refractivity contribution in [3.05, 3.63) is 63.1 Å². The molecule has 1 aliphatic rings. The number of benzene rings is 2. The zero-order valence-electron chi connectivity index (χ0n) is 13.9. The molecule has 134 valence electrons. The van der Waals surface area contributed by atoms with Crippen molar-refractivity contribution in [2.45, 2.75) is 18.3 Å². The molecule has 1 saturated heterocycles. The predicted molar refractivity (Wildman–Crippen MR) is 101 cm³/mol. The largest absolute Gasteiger partial charge is 0.417 e. The minimum atomic E-state index is -0.641. The van der Waals surface area contributed by atoms with Crippen molar-refractivity contribution < 1.29 is 13.9 Å². The van der Waals surface area contributed by atoms with Gasteiger partial charge in [0.25, 0.3) is 0 Å². The van der Waals surface area contributed by atoms with Crippen LogP contribution in [-0.4, -0.2) is 24.1 Å². The molecular formula is C19H17BrN2O4. The molecule has 0 saturated carbocycles. The fourth-order valence-electron chi connectivity index (χ4n) is 3.42. The van der Waals surface area contributed by atoms with Crippen molar-refractivity contribution in [3.8, 4) is 0 Å². The molecule has 1 fully saturated rings. The molecule has 3 aromatic rings. The third-order valence-electron chi connectivity index (χ3n) is 4.85. The van der Waals surface area contributed by atoms with Crippen molar-refractivity contribution in [3.63, 3.8) is 0 Å². The molecule has 0 atom stereocenters. The lowest BCUT2D eigenvalue weighted by Gasteiger charge is -2.36. The molecule has 1 aliphatic heterocycles. The first kappa shape index (κ1) is 17.1. The first-order valence-electron chi connectivity index (χ1n) is 8.35. The number of carbonyl (C=O) groups excluding carboxylic acids is 1. The minimum absolute atomic E-state index is 0.0756. The quantitative estimate of drug-likeness (QED) is 0.683. The summed E-state index contributed by atoms with van der Waals surface area (Å²) in [5, 5.41) is 3.00. The van der Waals surface area contributed by atoms with E-state index in [2.05, 4.69) is 26.2 Å². The Hall–Kier alpha value is -2.38. The molecule has 0 aliphatic carbocycles. The first-order chi connectivity index (χ1) is 12.6. The Morgan fingerprint density at radius 3 is 2.58 bits per heavy atom. The fourth-order valence-corrected chi connectivity index (χ4v) is 3.68. The maximum atomic E-state index is 13.2. The molecule has 4 rings (SSSR count). The second kappa shape index (κ2) is 6.74. The van der Waals surface area contributed by atoms with Gasteiger partial charge in [0.2, 0.25) is 5.91 Å². The lowest BCUT2D eigenvalue weighted by molar-refractivity contribution is -0.125. The summed E-state index contributed by atoms with van der Waals surface area (Å²) in [5.41, 5.74) is 1.96. The van der Waals surface area contributed by atoms with Crippen molar-refractivity contribution in [1.29, 1.82) is 0 Å². The first-order valence-corrected chi connectivity index (χ1v) is 9.14. The van der Waals surface area contributed by atoms with Gasteiger partial charge in [0, 0.05) is 23.4 Å². The van der Waals surface area contributed by atoms with E-state index in [0.717, 1.165) is 10.0 Å². The van der Waals surface area contributed by atoms with Gasteiger partial charge in [-0.1, -0.05) is 28.1 Å². The van der Waals surface area contributed by atoms with Gasteiger partial charge in [0.15, 0.2) is 5.58 Å². The molecule has 2 heterocycles. The lowest BCUT2D eigenvalue weighted by Crippen LogP contribution is -2.44. The normalized spacial score (nSPS) is 16.5. The molecular weight excluding hydrogens is 400 g/mol. The number of rotatable bonds is 3. The molecule has 2 N–H and O–H groups in total. The van der Waals surface area contributed by atoms with Crippen LogP contribution in [-0.2, 0) is 14.9 Å². The number of carbonyl (C=O) groups is 1. The third-order valence-corrected chi connectivity index (χ3v) is 5.38. The van der Waals surface area contributed by atoms with E-state index in [4.69, 9.17) is 9.15 Å². The van der Waals surface area contributed by atoms with Gasteiger partial charge in [-0.25, -0.2) is 4.79 Å². The van der Waals surface area contributed by atoms with Gasteiger partial charge in [-0.3, -0.25) is 9.78 Å². The Kier molecular flexibility index (Phi) is 4.42. The van der Waals surface area contributed by atoms with Crippen molar-refractivity contribution in [2.75, 3.05) is 18.5 Å². The molecule has 26 heavy (non-hydrogen) atoms. The van der Waals surface area contributed by atoms with Gasteiger partial charge in [0.05, 0.1) is 10.9 Å². The monoisotopic (exact) mass is 416 g/mol. The minimum Gasteiger partial charge on any atom is -0.408 e. The summed E-state index contributed by atoms with van der Waals surface area (Å²) in [5.74, 6) is -0.590. The van der Waals surface area contributed by atoms with Gasteiger partial charge >= 0.3 is 5.76 Å². The number of aromatic nitrogens is 1. The molecule has 0 radical (unpaired) electrons. The number of halogens is 1. The van der Waals surface area contributed by atoms with Crippen LogP contribution in [0.4, 0.5) is 5.69 Å². The van der Waals surface area contributed by atoms with E-state index in [1.165, 1.54) is 0 Å². The second-order valence-corrected chi connectivity index (χ2v) is 7.30. The van der Waals surface area contributed by atoms with Crippen LogP contribution in [0.15, 0.2) is 56.1 Å². The number of oxazole rings is 1. The summed E-state index contributed by atoms with van der Waals surface area (Å²) in [6.07, 6.45) is 1.23. The number of aromatic amines is 1. The molecule has 0 unspecified atom stereocenters. The number of ether oxygens (including phenoxy) is 1. The lowest BCUT2D eigenvalue weighted by atomic mass is 9.73. The number of hydrogen-bond acceptors (Lipinski definition) is 4. The van der Waals surface area contributed by atoms with Crippen molar-refractivity contribution in [1.82, 2.24) is 4.98 Å². The average Bonchev–Trinajstić information content (AvgIpc) is 3.02. The number of fused-ring (bicyclic) bond motifs is 1. The number of anilines is 1. The number of nitrogens with one attached hydrogen (secondary N) is 2. The molecule has 2 aromatic carbocycles. The Labute approximate surface area is 157 Å². The summed E-state index contributed by atoms with van der Waals surface area (Å²) in [6, 6.07) is 12.9. The Balaban J connectivity index is 1.67. The van der Waals surface area contributed by atoms with Crippen molar-refractivity contribution >= 4 is 38.6 Å².